The minimum absolute atomic E-state index is 0.141. The molecular formula is C8H12N2O2. The number of ether oxygens (including phenoxy) is 1. The SMILES string of the molecule is C#CCNC(=O)NC1CCOC1. The molecule has 66 valence electrons. The van der Waals surface area contributed by atoms with Crippen molar-refractivity contribution in [1.82, 2.24) is 10.6 Å². The molecular weight excluding hydrogens is 156 g/mol. The Hall–Kier alpha value is -1.21. The monoisotopic (exact) mass is 168 g/mol. The van der Waals surface area contributed by atoms with Crippen LogP contribution >= 0.6 is 0 Å². The Morgan fingerprint density at radius 2 is 2.58 bits per heavy atom. The van der Waals surface area contributed by atoms with Crippen LogP contribution in [-0.2, 0) is 4.74 Å². The number of urea groups is 1. The molecule has 2 N–H and O–H groups in total. The second kappa shape index (κ2) is 4.62. The van der Waals surface area contributed by atoms with E-state index >= 15 is 0 Å². The molecule has 0 aromatic rings. The van der Waals surface area contributed by atoms with Crippen LogP contribution in [0.5, 0.6) is 0 Å². The van der Waals surface area contributed by atoms with Crippen molar-refractivity contribution >= 4 is 6.03 Å². The van der Waals surface area contributed by atoms with Crippen molar-refractivity contribution in [3.63, 3.8) is 0 Å². The second-order valence-electron chi connectivity index (χ2n) is 2.59. The number of nitrogens with one attached hydrogen (secondary N) is 2. The number of hydrogen-bond acceptors (Lipinski definition) is 2. The number of amides is 2. The third kappa shape index (κ3) is 2.81. The number of terminal acetylenes is 1. The molecule has 0 aromatic heterocycles. The minimum atomic E-state index is -0.219. The zero-order valence-electron chi connectivity index (χ0n) is 6.80. The van der Waals surface area contributed by atoms with Crippen LogP contribution in [0.2, 0.25) is 0 Å². The number of rotatable bonds is 2. The first-order chi connectivity index (χ1) is 5.83. The van der Waals surface area contributed by atoms with Gasteiger partial charge in [0.1, 0.15) is 0 Å². The number of carbonyl (C=O) groups excluding carboxylic acids is 1. The van der Waals surface area contributed by atoms with Crippen molar-refractivity contribution in [3.05, 3.63) is 0 Å². The molecule has 1 atom stereocenters. The molecule has 0 saturated carbocycles. The van der Waals surface area contributed by atoms with Crippen LogP contribution in [0.4, 0.5) is 4.79 Å². The molecule has 12 heavy (non-hydrogen) atoms. The topological polar surface area (TPSA) is 50.4 Å². The van der Waals surface area contributed by atoms with E-state index in [4.69, 9.17) is 11.2 Å². The van der Waals surface area contributed by atoms with Crippen molar-refractivity contribution in [2.45, 2.75) is 12.5 Å². The average molecular weight is 168 g/mol. The largest absolute Gasteiger partial charge is 0.379 e. The predicted octanol–water partition coefficient (Wildman–Crippen LogP) is -0.292. The van der Waals surface area contributed by atoms with Crippen molar-refractivity contribution < 1.29 is 9.53 Å². The summed E-state index contributed by atoms with van der Waals surface area (Å²) in [7, 11) is 0. The van der Waals surface area contributed by atoms with Gasteiger partial charge in [0.2, 0.25) is 0 Å². The van der Waals surface area contributed by atoms with E-state index in [1.165, 1.54) is 0 Å². The molecule has 2 amide bonds. The Kier molecular flexibility index (Phi) is 3.42. The Labute approximate surface area is 71.7 Å². The summed E-state index contributed by atoms with van der Waals surface area (Å²) >= 11 is 0. The maximum Gasteiger partial charge on any atom is 0.315 e. The van der Waals surface area contributed by atoms with Gasteiger partial charge in [-0.05, 0) is 6.42 Å². The van der Waals surface area contributed by atoms with Crippen LogP contribution in [0, 0.1) is 12.3 Å². The summed E-state index contributed by atoms with van der Waals surface area (Å²) in [6.07, 6.45) is 5.85. The van der Waals surface area contributed by atoms with Gasteiger partial charge in [-0.2, -0.15) is 0 Å². The first-order valence-corrected chi connectivity index (χ1v) is 3.88. The van der Waals surface area contributed by atoms with Crippen LogP contribution in [0.15, 0.2) is 0 Å². The van der Waals surface area contributed by atoms with Crippen molar-refractivity contribution in [2.75, 3.05) is 19.8 Å². The minimum Gasteiger partial charge on any atom is -0.379 e. The summed E-state index contributed by atoms with van der Waals surface area (Å²) in [4.78, 5) is 11.0. The summed E-state index contributed by atoms with van der Waals surface area (Å²) in [6, 6.07) is -0.0776. The highest BCUT2D eigenvalue weighted by Crippen LogP contribution is 2.02. The van der Waals surface area contributed by atoms with Crippen LogP contribution in [-0.4, -0.2) is 31.8 Å². The Morgan fingerprint density at radius 1 is 1.75 bits per heavy atom. The van der Waals surface area contributed by atoms with E-state index < -0.39 is 0 Å². The van der Waals surface area contributed by atoms with E-state index in [1.807, 2.05) is 0 Å². The van der Waals surface area contributed by atoms with Crippen molar-refractivity contribution in [2.24, 2.45) is 0 Å². The molecule has 1 heterocycles. The fourth-order valence-corrected chi connectivity index (χ4v) is 1.02. The van der Waals surface area contributed by atoms with Crippen LogP contribution in [0.25, 0.3) is 0 Å². The second-order valence-corrected chi connectivity index (χ2v) is 2.59. The van der Waals surface area contributed by atoms with Gasteiger partial charge in [0, 0.05) is 6.61 Å². The van der Waals surface area contributed by atoms with E-state index in [0.717, 1.165) is 13.0 Å². The zero-order chi connectivity index (χ0) is 8.81. The van der Waals surface area contributed by atoms with Gasteiger partial charge in [0.25, 0.3) is 0 Å². The van der Waals surface area contributed by atoms with Crippen molar-refractivity contribution in [3.8, 4) is 12.3 Å². The zero-order valence-corrected chi connectivity index (χ0v) is 6.80. The normalized spacial score (nSPS) is 21.4. The Bertz CT molecular complexity index is 192. The third-order valence-electron chi connectivity index (χ3n) is 1.62. The summed E-state index contributed by atoms with van der Waals surface area (Å²) in [6.45, 7) is 1.59. The van der Waals surface area contributed by atoms with Gasteiger partial charge in [0.15, 0.2) is 0 Å². The smallest absolute Gasteiger partial charge is 0.315 e. The fraction of sp³-hybridized carbons (Fsp3) is 0.625. The van der Waals surface area contributed by atoms with E-state index in [1.54, 1.807) is 0 Å². The molecule has 0 aromatic carbocycles. The molecule has 0 spiro atoms. The Morgan fingerprint density at radius 3 is 3.17 bits per heavy atom. The predicted molar refractivity (Wildman–Crippen MR) is 44.6 cm³/mol. The van der Waals surface area contributed by atoms with E-state index in [-0.39, 0.29) is 18.6 Å². The molecule has 0 bridgehead atoms. The highest BCUT2D eigenvalue weighted by atomic mass is 16.5. The average Bonchev–Trinajstić information content (AvgIpc) is 2.53. The first kappa shape index (κ1) is 8.88. The molecule has 1 aliphatic rings. The molecule has 1 saturated heterocycles. The van der Waals surface area contributed by atoms with E-state index in [9.17, 15) is 4.79 Å². The molecule has 0 aliphatic carbocycles. The highest BCUT2D eigenvalue weighted by molar-refractivity contribution is 5.74. The first-order valence-electron chi connectivity index (χ1n) is 3.88. The molecule has 0 radical (unpaired) electrons. The van der Waals surface area contributed by atoms with Crippen LogP contribution in [0.3, 0.4) is 0 Å². The molecule has 1 aliphatic heterocycles. The maximum absolute atomic E-state index is 11.0. The fourth-order valence-electron chi connectivity index (χ4n) is 1.02. The summed E-state index contributed by atoms with van der Waals surface area (Å²) in [5.74, 6) is 2.32. The lowest BCUT2D eigenvalue weighted by atomic mass is 10.3. The van der Waals surface area contributed by atoms with Gasteiger partial charge < -0.3 is 15.4 Å². The number of carbonyl (C=O) groups is 1. The molecule has 1 fully saturated rings. The van der Waals surface area contributed by atoms with Crippen LogP contribution < -0.4 is 10.6 Å². The van der Waals surface area contributed by atoms with Crippen molar-refractivity contribution in [1.29, 1.82) is 0 Å². The number of hydrogen-bond donors (Lipinski definition) is 2. The van der Waals surface area contributed by atoms with Gasteiger partial charge in [-0.15, -0.1) is 6.42 Å². The molecule has 4 heteroatoms. The van der Waals surface area contributed by atoms with Crippen LogP contribution in [0.1, 0.15) is 6.42 Å². The molecule has 1 rings (SSSR count). The maximum atomic E-state index is 11.0. The summed E-state index contributed by atoms with van der Waals surface area (Å²) in [5, 5.41) is 5.26. The molecule has 4 nitrogen and oxygen atoms in total. The lowest BCUT2D eigenvalue weighted by molar-refractivity contribution is 0.188. The van der Waals surface area contributed by atoms with Gasteiger partial charge in [0.05, 0.1) is 19.2 Å². The summed E-state index contributed by atoms with van der Waals surface area (Å²) in [5.41, 5.74) is 0. The van der Waals surface area contributed by atoms with E-state index in [2.05, 4.69) is 16.6 Å². The van der Waals surface area contributed by atoms with Gasteiger partial charge in [-0.3, -0.25) is 0 Å². The standard InChI is InChI=1S/C8H12N2O2/c1-2-4-9-8(11)10-7-3-5-12-6-7/h1,7H,3-6H2,(H2,9,10,11). The van der Waals surface area contributed by atoms with Gasteiger partial charge >= 0.3 is 6.03 Å². The Balaban J connectivity index is 2.13. The lowest BCUT2D eigenvalue weighted by Crippen LogP contribution is -2.42. The van der Waals surface area contributed by atoms with Gasteiger partial charge in [-0.25, -0.2) is 4.79 Å². The molecule has 1 unspecified atom stereocenters. The lowest BCUT2D eigenvalue weighted by Gasteiger charge is -2.09. The third-order valence-corrected chi connectivity index (χ3v) is 1.62. The van der Waals surface area contributed by atoms with Gasteiger partial charge in [-0.1, -0.05) is 5.92 Å². The summed E-state index contributed by atoms with van der Waals surface area (Å²) < 4.78 is 5.08. The quantitative estimate of drug-likeness (QED) is 0.556. The van der Waals surface area contributed by atoms with E-state index in [0.29, 0.717) is 6.61 Å². The highest BCUT2D eigenvalue weighted by Gasteiger charge is 2.16.